The van der Waals surface area contributed by atoms with E-state index in [9.17, 15) is 10.1 Å². The molecule has 2 rings (SSSR count). The van der Waals surface area contributed by atoms with Gasteiger partial charge in [0.15, 0.2) is 0 Å². The van der Waals surface area contributed by atoms with Crippen LogP contribution in [0, 0.1) is 34.8 Å². The zero-order valence-electron chi connectivity index (χ0n) is 13.0. The van der Waals surface area contributed by atoms with Gasteiger partial charge in [0, 0.05) is 16.5 Å². The Kier molecular flexibility index (Phi) is 5.42. The van der Waals surface area contributed by atoms with Crippen LogP contribution in [0.5, 0.6) is 0 Å². The predicted octanol–water partition coefficient (Wildman–Crippen LogP) is 5.28. The first-order valence-corrected chi connectivity index (χ1v) is 8.68. The van der Waals surface area contributed by atoms with Crippen molar-refractivity contribution in [1.82, 2.24) is 0 Å². The lowest BCUT2D eigenvalue weighted by molar-refractivity contribution is -0.385. The SMILES string of the molecule is Cc1c(CC2CC(C(C)C)CCC2Br)cccc1[N+](=O)[O-]. The fourth-order valence-corrected chi connectivity index (χ4v) is 4.12. The van der Waals surface area contributed by atoms with Gasteiger partial charge in [-0.3, -0.25) is 10.1 Å². The molecule has 1 saturated carbocycles. The third-order valence-electron chi connectivity index (χ3n) is 4.97. The van der Waals surface area contributed by atoms with Crippen LogP contribution in [0.1, 0.15) is 44.2 Å². The minimum atomic E-state index is -0.276. The summed E-state index contributed by atoms with van der Waals surface area (Å²) in [6, 6.07) is 5.45. The maximum atomic E-state index is 11.1. The summed E-state index contributed by atoms with van der Waals surface area (Å²) in [4.78, 5) is 11.3. The van der Waals surface area contributed by atoms with Crippen LogP contribution in [0.3, 0.4) is 0 Å². The Morgan fingerprint density at radius 2 is 2.10 bits per heavy atom. The molecule has 0 heterocycles. The first-order valence-electron chi connectivity index (χ1n) is 7.77. The molecule has 0 N–H and O–H groups in total. The zero-order chi connectivity index (χ0) is 15.6. The Labute approximate surface area is 135 Å². The Morgan fingerprint density at radius 1 is 1.38 bits per heavy atom. The van der Waals surface area contributed by atoms with Gasteiger partial charge in [0.05, 0.1) is 4.92 Å². The highest BCUT2D eigenvalue weighted by Crippen LogP contribution is 2.39. The van der Waals surface area contributed by atoms with E-state index in [2.05, 4.69) is 29.8 Å². The fraction of sp³-hybridized carbons (Fsp3) is 0.647. The van der Waals surface area contributed by atoms with Crippen molar-refractivity contribution >= 4 is 21.6 Å². The molecule has 0 bridgehead atoms. The third kappa shape index (κ3) is 3.85. The molecule has 0 amide bonds. The predicted molar refractivity (Wildman–Crippen MR) is 89.9 cm³/mol. The molecule has 116 valence electrons. The van der Waals surface area contributed by atoms with Gasteiger partial charge in [0.2, 0.25) is 0 Å². The largest absolute Gasteiger partial charge is 0.272 e. The molecule has 21 heavy (non-hydrogen) atoms. The van der Waals surface area contributed by atoms with Crippen molar-refractivity contribution in [2.24, 2.45) is 17.8 Å². The summed E-state index contributed by atoms with van der Waals surface area (Å²) in [6.07, 6.45) is 4.65. The van der Waals surface area contributed by atoms with E-state index in [1.165, 1.54) is 19.3 Å². The van der Waals surface area contributed by atoms with Gasteiger partial charge in [-0.15, -0.1) is 0 Å². The minimum absolute atomic E-state index is 0.245. The van der Waals surface area contributed by atoms with E-state index in [4.69, 9.17) is 0 Å². The Hall–Kier alpha value is -0.900. The Balaban J connectivity index is 2.17. The lowest BCUT2D eigenvalue weighted by Crippen LogP contribution is -2.29. The van der Waals surface area contributed by atoms with Crippen molar-refractivity contribution in [3.8, 4) is 0 Å². The number of alkyl halides is 1. The average Bonchev–Trinajstić information content (AvgIpc) is 2.42. The van der Waals surface area contributed by atoms with E-state index in [1.807, 2.05) is 19.1 Å². The number of nitro groups is 1. The molecular weight excluding hydrogens is 330 g/mol. The van der Waals surface area contributed by atoms with E-state index in [1.54, 1.807) is 6.07 Å². The number of hydrogen-bond donors (Lipinski definition) is 0. The maximum absolute atomic E-state index is 11.1. The molecule has 1 aromatic rings. The third-order valence-corrected chi connectivity index (χ3v) is 6.17. The molecule has 3 nitrogen and oxygen atoms in total. The molecule has 4 heteroatoms. The van der Waals surface area contributed by atoms with Crippen LogP contribution in [0.25, 0.3) is 0 Å². The molecule has 1 aromatic carbocycles. The van der Waals surface area contributed by atoms with E-state index in [0.717, 1.165) is 29.4 Å². The van der Waals surface area contributed by atoms with Gasteiger partial charge in [0.1, 0.15) is 0 Å². The summed E-state index contributed by atoms with van der Waals surface area (Å²) >= 11 is 3.83. The molecule has 0 aliphatic heterocycles. The number of halogens is 1. The van der Waals surface area contributed by atoms with Crippen molar-refractivity contribution in [1.29, 1.82) is 0 Å². The van der Waals surface area contributed by atoms with Gasteiger partial charge in [-0.25, -0.2) is 0 Å². The molecule has 3 atom stereocenters. The molecule has 1 fully saturated rings. The van der Waals surface area contributed by atoms with E-state index >= 15 is 0 Å². The summed E-state index contributed by atoms with van der Waals surface area (Å²) in [5.74, 6) is 2.08. The van der Waals surface area contributed by atoms with Gasteiger partial charge < -0.3 is 0 Å². The molecule has 0 aromatic heterocycles. The number of rotatable bonds is 4. The summed E-state index contributed by atoms with van der Waals surface area (Å²) in [6.45, 7) is 6.48. The topological polar surface area (TPSA) is 43.1 Å². The van der Waals surface area contributed by atoms with E-state index in [0.29, 0.717) is 10.7 Å². The quantitative estimate of drug-likeness (QED) is 0.419. The maximum Gasteiger partial charge on any atom is 0.272 e. The lowest BCUT2D eigenvalue weighted by Gasteiger charge is -2.35. The monoisotopic (exact) mass is 353 g/mol. The highest BCUT2D eigenvalue weighted by Gasteiger charge is 2.31. The van der Waals surface area contributed by atoms with Crippen molar-refractivity contribution < 1.29 is 4.92 Å². The second-order valence-corrected chi connectivity index (χ2v) is 7.79. The summed E-state index contributed by atoms with van der Waals surface area (Å²) < 4.78 is 0. The Bertz CT molecular complexity index is 516. The molecule has 0 spiro atoms. The van der Waals surface area contributed by atoms with Gasteiger partial charge in [-0.2, -0.15) is 0 Å². The summed E-state index contributed by atoms with van der Waals surface area (Å²) in [5.41, 5.74) is 2.20. The first-order chi connectivity index (χ1) is 9.90. The van der Waals surface area contributed by atoms with Crippen LogP contribution >= 0.6 is 15.9 Å². The van der Waals surface area contributed by atoms with Crippen molar-refractivity contribution in [3.05, 3.63) is 39.4 Å². The summed E-state index contributed by atoms with van der Waals surface area (Å²) in [7, 11) is 0. The second-order valence-electron chi connectivity index (χ2n) is 6.62. The standard InChI is InChI=1S/C17H24BrNO2/c1-11(2)13-7-8-16(18)15(9-13)10-14-5-4-6-17(12(14)3)19(20)21/h4-6,11,13,15-16H,7-10H2,1-3H3. The van der Waals surface area contributed by atoms with Gasteiger partial charge in [-0.05, 0) is 55.9 Å². The normalized spacial score (nSPS) is 26.0. The van der Waals surface area contributed by atoms with E-state index < -0.39 is 0 Å². The molecule has 1 aliphatic rings. The number of nitro benzene ring substituents is 1. The van der Waals surface area contributed by atoms with Crippen LogP contribution in [-0.4, -0.2) is 9.75 Å². The van der Waals surface area contributed by atoms with Crippen LogP contribution in [0.15, 0.2) is 18.2 Å². The molecule has 3 unspecified atom stereocenters. The van der Waals surface area contributed by atoms with Crippen LogP contribution in [0.2, 0.25) is 0 Å². The van der Waals surface area contributed by atoms with Gasteiger partial charge >= 0.3 is 0 Å². The van der Waals surface area contributed by atoms with Gasteiger partial charge in [0.25, 0.3) is 5.69 Å². The number of hydrogen-bond acceptors (Lipinski definition) is 2. The van der Waals surface area contributed by atoms with E-state index in [-0.39, 0.29) is 10.6 Å². The first kappa shape index (κ1) is 16.5. The second kappa shape index (κ2) is 6.91. The van der Waals surface area contributed by atoms with Crippen molar-refractivity contribution in [2.45, 2.75) is 51.3 Å². The number of nitrogens with zero attached hydrogens (tertiary/aromatic N) is 1. The van der Waals surface area contributed by atoms with Crippen molar-refractivity contribution in [2.75, 3.05) is 0 Å². The molecule has 0 radical (unpaired) electrons. The Morgan fingerprint density at radius 3 is 2.71 bits per heavy atom. The highest BCUT2D eigenvalue weighted by molar-refractivity contribution is 9.09. The minimum Gasteiger partial charge on any atom is -0.258 e. The summed E-state index contributed by atoms with van der Waals surface area (Å²) in [5, 5.41) is 11.1. The smallest absolute Gasteiger partial charge is 0.258 e. The molecule has 1 aliphatic carbocycles. The molecular formula is C17H24BrNO2. The lowest BCUT2D eigenvalue weighted by atomic mass is 9.74. The highest BCUT2D eigenvalue weighted by atomic mass is 79.9. The van der Waals surface area contributed by atoms with Gasteiger partial charge in [-0.1, -0.05) is 41.9 Å². The van der Waals surface area contributed by atoms with Crippen LogP contribution in [0.4, 0.5) is 5.69 Å². The average molecular weight is 354 g/mol. The number of benzene rings is 1. The van der Waals surface area contributed by atoms with Crippen molar-refractivity contribution in [3.63, 3.8) is 0 Å². The van der Waals surface area contributed by atoms with Crippen LogP contribution in [-0.2, 0) is 6.42 Å². The fourth-order valence-electron chi connectivity index (χ4n) is 3.45. The molecule has 0 saturated heterocycles. The van der Waals surface area contributed by atoms with Crippen LogP contribution < -0.4 is 0 Å². The zero-order valence-corrected chi connectivity index (χ0v) is 14.6.